The van der Waals surface area contributed by atoms with Gasteiger partial charge >= 0.3 is 0 Å². The fourth-order valence-corrected chi connectivity index (χ4v) is 1.51. The van der Waals surface area contributed by atoms with E-state index in [2.05, 4.69) is 15.3 Å². The van der Waals surface area contributed by atoms with Crippen LogP contribution in [0.4, 0.5) is 11.4 Å². The van der Waals surface area contributed by atoms with Crippen molar-refractivity contribution in [3.05, 3.63) is 40.7 Å². The molecule has 8 heteroatoms. The van der Waals surface area contributed by atoms with Gasteiger partial charge in [-0.2, -0.15) is 0 Å². The second-order valence-electron chi connectivity index (χ2n) is 3.46. The van der Waals surface area contributed by atoms with Gasteiger partial charge in [0.05, 0.1) is 10.6 Å². The van der Waals surface area contributed by atoms with Crippen molar-refractivity contribution in [1.82, 2.24) is 9.97 Å². The number of aromatic nitrogens is 2. The number of H-pyrrole nitrogens is 1. The lowest BCUT2D eigenvalue weighted by Gasteiger charge is -2.08. The highest BCUT2D eigenvalue weighted by molar-refractivity contribution is 5.94. The zero-order valence-corrected chi connectivity index (χ0v) is 9.18. The molecule has 0 aliphatic carbocycles. The van der Waals surface area contributed by atoms with Gasteiger partial charge in [-0.15, -0.1) is 0 Å². The number of non-ortho nitro benzene ring substituents is 1. The Hall–Kier alpha value is -2.90. The second-order valence-corrected chi connectivity index (χ2v) is 3.46. The molecule has 1 aromatic carbocycles. The number of guanidine groups is 1. The van der Waals surface area contributed by atoms with Crippen molar-refractivity contribution in [2.75, 3.05) is 5.32 Å². The molecule has 8 nitrogen and oxygen atoms in total. The Bertz CT molecular complexity index is 592. The Balaban J connectivity index is 2.53. The molecule has 0 amide bonds. The van der Waals surface area contributed by atoms with Crippen LogP contribution in [0, 0.1) is 15.5 Å². The Kier molecular flexibility index (Phi) is 2.92. The molecular weight excluding hydrogens is 236 g/mol. The van der Waals surface area contributed by atoms with E-state index in [-0.39, 0.29) is 11.6 Å². The third-order valence-electron chi connectivity index (χ3n) is 2.24. The second kappa shape index (κ2) is 4.53. The highest BCUT2D eigenvalue weighted by Crippen LogP contribution is 2.29. The molecule has 92 valence electrons. The minimum absolute atomic E-state index is 0.0597. The first-order valence-electron chi connectivity index (χ1n) is 4.97. The molecule has 0 bridgehead atoms. The molecule has 0 fully saturated rings. The predicted molar refractivity (Wildman–Crippen MR) is 66.2 cm³/mol. The van der Waals surface area contributed by atoms with Gasteiger partial charge in [0.2, 0.25) is 0 Å². The maximum absolute atomic E-state index is 10.7. The van der Waals surface area contributed by atoms with Crippen molar-refractivity contribution < 1.29 is 4.92 Å². The number of hydrogen-bond acceptors (Lipinski definition) is 4. The molecule has 5 N–H and O–H groups in total. The summed E-state index contributed by atoms with van der Waals surface area (Å²) >= 11 is 0. The third kappa shape index (κ3) is 2.26. The first-order valence-corrected chi connectivity index (χ1v) is 4.97. The summed E-state index contributed by atoms with van der Waals surface area (Å²) in [6.45, 7) is 0. The van der Waals surface area contributed by atoms with Crippen molar-refractivity contribution in [3.8, 4) is 11.4 Å². The van der Waals surface area contributed by atoms with E-state index in [4.69, 9.17) is 11.1 Å². The van der Waals surface area contributed by atoms with Crippen LogP contribution in [0.1, 0.15) is 0 Å². The van der Waals surface area contributed by atoms with Crippen molar-refractivity contribution in [2.24, 2.45) is 5.73 Å². The Morgan fingerprint density at radius 2 is 2.33 bits per heavy atom. The average molecular weight is 246 g/mol. The summed E-state index contributed by atoms with van der Waals surface area (Å²) in [4.78, 5) is 17.1. The van der Waals surface area contributed by atoms with E-state index < -0.39 is 4.92 Å². The molecular formula is C10H10N6O2. The number of nitrogens with zero attached hydrogens (tertiary/aromatic N) is 2. The fourth-order valence-electron chi connectivity index (χ4n) is 1.51. The number of hydrogen-bond donors (Lipinski definition) is 4. The summed E-state index contributed by atoms with van der Waals surface area (Å²) in [6, 6.07) is 4.18. The highest BCUT2D eigenvalue weighted by atomic mass is 16.6. The maximum atomic E-state index is 10.7. The van der Waals surface area contributed by atoms with Gasteiger partial charge in [-0.05, 0) is 6.07 Å². The molecule has 0 radical (unpaired) electrons. The van der Waals surface area contributed by atoms with Crippen molar-refractivity contribution >= 4 is 17.3 Å². The summed E-state index contributed by atoms with van der Waals surface area (Å²) in [7, 11) is 0. The Morgan fingerprint density at radius 1 is 1.56 bits per heavy atom. The van der Waals surface area contributed by atoms with E-state index in [9.17, 15) is 10.1 Å². The van der Waals surface area contributed by atoms with Gasteiger partial charge < -0.3 is 16.0 Å². The number of nitrogens with two attached hydrogens (primary N) is 1. The van der Waals surface area contributed by atoms with E-state index in [1.807, 2.05) is 0 Å². The summed E-state index contributed by atoms with van der Waals surface area (Å²) < 4.78 is 0. The van der Waals surface area contributed by atoms with Crippen molar-refractivity contribution in [2.45, 2.75) is 0 Å². The van der Waals surface area contributed by atoms with Crippen LogP contribution < -0.4 is 11.1 Å². The number of nitro groups is 1. The van der Waals surface area contributed by atoms with Gasteiger partial charge in [-0.1, -0.05) is 0 Å². The molecule has 2 rings (SSSR count). The monoisotopic (exact) mass is 246 g/mol. The molecule has 1 aromatic heterocycles. The molecule has 2 aromatic rings. The van der Waals surface area contributed by atoms with Crippen LogP contribution in [-0.2, 0) is 0 Å². The summed E-state index contributed by atoms with van der Waals surface area (Å²) in [5, 5.41) is 20.5. The van der Waals surface area contributed by atoms with E-state index >= 15 is 0 Å². The number of aromatic amines is 1. The smallest absolute Gasteiger partial charge is 0.270 e. The zero-order chi connectivity index (χ0) is 13.1. The van der Waals surface area contributed by atoms with E-state index in [1.54, 1.807) is 6.20 Å². The maximum Gasteiger partial charge on any atom is 0.270 e. The standard InChI is InChI=1S/C10H10N6O2/c11-10(12)15-8-2-1-6(16(17)18)5-7(8)9-13-3-4-14-9/h1-5H,(H,13,14)(H4,11,12,15). The van der Waals surface area contributed by atoms with Crippen LogP contribution in [0.15, 0.2) is 30.6 Å². The highest BCUT2D eigenvalue weighted by Gasteiger charge is 2.14. The van der Waals surface area contributed by atoms with Crippen LogP contribution in [-0.4, -0.2) is 20.9 Å². The lowest BCUT2D eigenvalue weighted by molar-refractivity contribution is -0.384. The number of nitro benzene ring substituents is 1. The molecule has 0 unspecified atom stereocenters. The van der Waals surface area contributed by atoms with Crippen LogP contribution in [0.25, 0.3) is 11.4 Å². The lowest BCUT2D eigenvalue weighted by Crippen LogP contribution is -2.20. The van der Waals surface area contributed by atoms with Gasteiger partial charge in [-0.25, -0.2) is 4.98 Å². The minimum atomic E-state index is -0.496. The SMILES string of the molecule is N=C(N)Nc1ccc([N+](=O)[O-])cc1-c1ncc[nH]1. The van der Waals surface area contributed by atoms with Crippen molar-refractivity contribution in [1.29, 1.82) is 5.41 Å². The number of anilines is 1. The Morgan fingerprint density at radius 3 is 2.89 bits per heavy atom. The molecule has 0 atom stereocenters. The van der Waals surface area contributed by atoms with E-state index in [0.717, 1.165) is 0 Å². The van der Waals surface area contributed by atoms with Crippen LogP contribution in [0.3, 0.4) is 0 Å². The van der Waals surface area contributed by atoms with Gasteiger partial charge in [0.15, 0.2) is 5.96 Å². The first-order chi connectivity index (χ1) is 8.58. The van der Waals surface area contributed by atoms with Crippen molar-refractivity contribution in [3.63, 3.8) is 0 Å². The van der Waals surface area contributed by atoms with Gasteiger partial charge in [0.25, 0.3) is 5.69 Å². The number of benzene rings is 1. The van der Waals surface area contributed by atoms with Gasteiger partial charge in [0.1, 0.15) is 5.82 Å². The topological polar surface area (TPSA) is 134 Å². The summed E-state index contributed by atoms with van der Waals surface area (Å²) in [5.41, 5.74) is 6.14. The number of imidazole rings is 1. The summed E-state index contributed by atoms with van der Waals surface area (Å²) in [6.07, 6.45) is 3.14. The number of rotatable bonds is 3. The summed E-state index contributed by atoms with van der Waals surface area (Å²) in [5.74, 6) is 0.208. The van der Waals surface area contributed by atoms with Crippen LogP contribution in [0.5, 0.6) is 0 Å². The van der Waals surface area contributed by atoms with Crippen LogP contribution >= 0.6 is 0 Å². The lowest BCUT2D eigenvalue weighted by atomic mass is 10.1. The molecule has 1 heterocycles. The first kappa shape index (κ1) is 11.6. The third-order valence-corrected chi connectivity index (χ3v) is 2.24. The molecule has 0 spiro atoms. The Labute approximate surface area is 102 Å². The predicted octanol–water partition coefficient (Wildman–Crippen LogP) is 1.29. The fraction of sp³-hybridized carbons (Fsp3) is 0. The number of nitrogens with one attached hydrogen (secondary N) is 3. The zero-order valence-electron chi connectivity index (χ0n) is 9.18. The van der Waals surface area contributed by atoms with Gasteiger partial charge in [-0.3, -0.25) is 15.5 Å². The van der Waals surface area contributed by atoms with Crippen LogP contribution in [0.2, 0.25) is 0 Å². The minimum Gasteiger partial charge on any atom is -0.370 e. The van der Waals surface area contributed by atoms with E-state index in [1.165, 1.54) is 24.4 Å². The largest absolute Gasteiger partial charge is 0.370 e. The van der Waals surface area contributed by atoms with Gasteiger partial charge in [0, 0.05) is 30.1 Å². The normalized spacial score (nSPS) is 10.0. The van der Waals surface area contributed by atoms with E-state index in [0.29, 0.717) is 17.1 Å². The molecule has 0 aliphatic heterocycles. The molecule has 0 aliphatic rings. The quantitative estimate of drug-likeness (QED) is 0.280. The molecule has 0 saturated heterocycles. The molecule has 0 saturated carbocycles. The molecule has 18 heavy (non-hydrogen) atoms. The average Bonchev–Trinajstić information content (AvgIpc) is 2.81.